The van der Waals surface area contributed by atoms with Crippen LogP contribution in [0.5, 0.6) is 5.75 Å². The Kier molecular flexibility index (Phi) is 5.66. The summed E-state index contributed by atoms with van der Waals surface area (Å²) in [7, 11) is 0. The van der Waals surface area contributed by atoms with E-state index in [2.05, 4.69) is 0 Å². The van der Waals surface area contributed by atoms with Crippen LogP contribution in [-0.2, 0) is 4.74 Å². The van der Waals surface area contributed by atoms with Gasteiger partial charge in [-0.25, -0.2) is 9.18 Å². The van der Waals surface area contributed by atoms with Crippen molar-refractivity contribution in [3.63, 3.8) is 0 Å². The molecule has 0 bridgehead atoms. The molecule has 0 spiro atoms. The lowest BCUT2D eigenvalue weighted by Gasteiger charge is -2.33. The highest BCUT2D eigenvalue weighted by Crippen LogP contribution is 2.23. The van der Waals surface area contributed by atoms with E-state index >= 15 is 0 Å². The van der Waals surface area contributed by atoms with Gasteiger partial charge in [0.1, 0.15) is 23.2 Å². The summed E-state index contributed by atoms with van der Waals surface area (Å²) in [5, 5.41) is 9.01. The number of amides is 1. The smallest absolute Gasteiger partial charge is 0.410 e. The quantitative estimate of drug-likeness (QED) is 0.845. The molecule has 2 rings (SSSR count). The van der Waals surface area contributed by atoms with Crippen LogP contribution in [0.3, 0.4) is 0 Å². The van der Waals surface area contributed by atoms with Crippen LogP contribution in [0.25, 0.3) is 0 Å². The summed E-state index contributed by atoms with van der Waals surface area (Å²) in [5.41, 5.74) is -0.297. The molecule has 0 radical (unpaired) electrons. The molecule has 1 amide bonds. The second kappa shape index (κ2) is 7.52. The Bertz CT molecular complexity index is 626. The van der Waals surface area contributed by atoms with E-state index in [4.69, 9.17) is 14.7 Å². The number of hydrogen-bond acceptors (Lipinski definition) is 4. The number of benzene rings is 1. The van der Waals surface area contributed by atoms with E-state index < -0.39 is 11.4 Å². The fraction of sp³-hybridized carbons (Fsp3) is 0.556. The van der Waals surface area contributed by atoms with E-state index in [1.807, 2.05) is 26.8 Å². The fourth-order valence-electron chi connectivity index (χ4n) is 2.53. The first-order valence-electron chi connectivity index (χ1n) is 8.09. The minimum atomic E-state index is -0.493. The third-order valence-electron chi connectivity index (χ3n) is 3.80. The van der Waals surface area contributed by atoms with Gasteiger partial charge >= 0.3 is 6.09 Å². The molecule has 0 aromatic heterocycles. The number of carbonyl (C=O) groups is 1. The molecule has 0 aliphatic carbocycles. The summed E-state index contributed by atoms with van der Waals surface area (Å²) in [6.45, 7) is 7.24. The highest BCUT2D eigenvalue weighted by atomic mass is 19.1. The lowest BCUT2D eigenvalue weighted by atomic mass is 9.98. The summed E-state index contributed by atoms with van der Waals surface area (Å²) >= 11 is 0. The Morgan fingerprint density at radius 1 is 1.38 bits per heavy atom. The van der Waals surface area contributed by atoms with Gasteiger partial charge in [-0.2, -0.15) is 5.26 Å². The zero-order chi connectivity index (χ0) is 17.7. The first kappa shape index (κ1) is 18.1. The number of hydrogen-bond donors (Lipinski definition) is 0. The highest BCUT2D eigenvalue weighted by molar-refractivity contribution is 5.68. The van der Waals surface area contributed by atoms with Crippen LogP contribution < -0.4 is 4.74 Å². The molecule has 1 heterocycles. The topological polar surface area (TPSA) is 62.6 Å². The molecule has 24 heavy (non-hydrogen) atoms. The van der Waals surface area contributed by atoms with E-state index in [1.54, 1.807) is 4.90 Å². The minimum absolute atomic E-state index is 0.196. The van der Waals surface area contributed by atoms with Gasteiger partial charge < -0.3 is 14.4 Å². The monoisotopic (exact) mass is 334 g/mol. The van der Waals surface area contributed by atoms with E-state index in [9.17, 15) is 9.18 Å². The van der Waals surface area contributed by atoms with Crippen LogP contribution in [0.15, 0.2) is 18.2 Å². The maximum Gasteiger partial charge on any atom is 0.410 e. The van der Waals surface area contributed by atoms with Crippen molar-refractivity contribution in [2.75, 3.05) is 19.7 Å². The maximum absolute atomic E-state index is 13.1. The molecule has 1 fully saturated rings. The Morgan fingerprint density at radius 2 is 2.04 bits per heavy atom. The van der Waals surface area contributed by atoms with Crippen molar-refractivity contribution >= 4 is 6.09 Å². The number of likely N-dealkylation sites (tertiary alicyclic amines) is 1. The van der Waals surface area contributed by atoms with Gasteiger partial charge in [-0.3, -0.25) is 0 Å². The van der Waals surface area contributed by atoms with Crippen molar-refractivity contribution in [1.29, 1.82) is 5.26 Å². The zero-order valence-electron chi connectivity index (χ0n) is 14.3. The average molecular weight is 334 g/mol. The van der Waals surface area contributed by atoms with Crippen molar-refractivity contribution < 1.29 is 18.7 Å². The number of nitrogens with zero attached hydrogens (tertiary/aromatic N) is 2. The third-order valence-corrected chi connectivity index (χ3v) is 3.80. The van der Waals surface area contributed by atoms with Crippen LogP contribution in [0.2, 0.25) is 0 Å². The molecule has 1 saturated heterocycles. The number of rotatable bonds is 3. The summed E-state index contributed by atoms with van der Waals surface area (Å²) in [6, 6.07) is 5.86. The molecule has 1 aromatic rings. The van der Waals surface area contributed by atoms with Gasteiger partial charge in [-0.15, -0.1) is 0 Å². The second-order valence-corrected chi connectivity index (χ2v) is 6.97. The number of nitriles is 1. The molecule has 130 valence electrons. The first-order valence-corrected chi connectivity index (χ1v) is 8.09. The Morgan fingerprint density at radius 3 is 2.62 bits per heavy atom. The molecule has 0 atom stereocenters. The highest BCUT2D eigenvalue weighted by Gasteiger charge is 2.27. The van der Waals surface area contributed by atoms with Gasteiger partial charge in [0.05, 0.1) is 12.2 Å². The van der Waals surface area contributed by atoms with Crippen LogP contribution in [0, 0.1) is 23.1 Å². The summed E-state index contributed by atoms with van der Waals surface area (Å²) in [5.74, 6) is 0.235. The number of halogens is 1. The molecular formula is C18H23FN2O3. The van der Waals surface area contributed by atoms with E-state index in [0.29, 0.717) is 31.4 Å². The SMILES string of the molecule is CC(C)(C)OC(=O)N1CCC(COc2ccc(F)cc2C#N)CC1. The van der Waals surface area contributed by atoms with Crippen molar-refractivity contribution in [1.82, 2.24) is 4.90 Å². The van der Waals surface area contributed by atoms with Gasteiger partial charge in [0, 0.05) is 13.1 Å². The molecule has 5 nitrogen and oxygen atoms in total. The molecule has 0 N–H and O–H groups in total. The van der Waals surface area contributed by atoms with E-state index in [-0.39, 0.29) is 11.7 Å². The molecule has 0 unspecified atom stereocenters. The van der Waals surface area contributed by atoms with Gasteiger partial charge in [-0.05, 0) is 57.7 Å². The standard InChI is InChI=1S/C18H23FN2O3/c1-18(2,3)24-17(22)21-8-6-13(7-9-21)12-23-16-5-4-15(19)10-14(16)11-20/h4-5,10,13H,6-9,12H2,1-3H3. The molecular weight excluding hydrogens is 311 g/mol. The van der Waals surface area contributed by atoms with Gasteiger partial charge in [0.25, 0.3) is 0 Å². The largest absolute Gasteiger partial charge is 0.492 e. The minimum Gasteiger partial charge on any atom is -0.492 e. The number of carbonyl (C=O) groups excluding carboxylic acids is 1. The van der Waals surface area contributed by atoms with Crippen LogP contribution >= 0.6 is 0 Å². The average Bonchev–Trinajstić information content (AvgIpc) is 2.52. The number of piperidine rings is 1. The fourth-order valence-corrected chi connectivity index (χ4v) is 2.53. The third kappa shape index (κ3) is 5.12. The first-order chi connectivity index (χ1) is 11.3. The molecule has 6 heteroatoms. The van der Waals surface area contributed by atoms with Crippen molar-refractivity contribution in [2.45, 2.75) is 39.2 Å². The Balaban J connectivity index is 1.82. The molecule has 1 aliphatic heterocycles. The molecule has 1 aromatic carbocycles. The van der Waals surface area contributed by atoms with Crippen molar-refractivity contribution in [2.24, 2.45) is 5.92 Å². The lowest BCUT2D eigenvalue weighted by Crippen LogP contribution is -2.42. The van der Waals surface area contributed by atoms with Crippen LogP contribution in [-0.4, -0.2) is 36.3 Å². The predicted octanol–water partition coefficient (Wildman–Crippen LogP) is 3.72. The zero-order valence-corrected chi connectivity index (χ0v) is 14.3. The normalized spacial score (nSPS) is 15.7. The lowest BCUT2D eigenvalue weighted by molar-refractivity contribution is 0.0165. The van der Waals surface area contributed by atoms with Gasteiger partial charge in [0.15, 0.2) is 0 Å². The van der Waals surface area contributed by atoms with Crippen LogP contribution in [0.1, 0.15) is 39.2 Å². The van der Waals surface area contributed by atoms with Crippen molar-refractivity contribution in [3.05, 3.63) is 29.6 Å². The Labute approximate surface area is 142 Å². The van der Waals surface area contributed by atoms with Gasteiger partial charge in [-0.1, -0.05) is 0 Å². The summed E-state index contributed by atoms with van der Waals surface area (Å²) in [6.07, 6.45) is 1.33. The molecule has 1 aliphatic rings. The maximum atomic E-state index is 13.1. The Hall–Kier alpha value is -2.29. The number of ether oxygens (including phenoxy) is 2. The summed E-state index contributed by atoms with van der Waals surface area (Å²) in [4.78, 5) is 13.7. The van der Waals surface area contributed by atoms with E-state index in [1.165, 1.54) is 18.2 Å². The van der Waals surface area contributed by atoms with Crippen molar-refractivity contribution in [3.8, 4) is 11.8 Å². The predicted molar refractivity (Wildman–Crippen MR) is 87.1 cm³/mol. The van der Waals surface area contributed by atoms with E-state index in [0.717, 1.165) is 12.8 Å². The van der Waals surface area contributed by atoms with Gasteiger partial charge in [0.2, 0.25) is 0 Å². The second-order valence-electron chi connectivity index (χ2n) is 6.97. The molecule has 0 saturated carbocycles. The summed E-state index contributed by atoms with van der Waals surface area (Å²) < 4.78 is 24.2. The van der Waals surface area contributed by atoms with Crippen LogP contribution in [0.4, 0.5) is 9.18 Å².